The topological polar surface area (TPSA) is 50.9 Å². The van der Waals surface area contributed by atoms with Crippen molar-refractivity contribution in [2.24, 2.45) is 0 Å². The van der Waals surface area contributed by atoms with E-state index in [1.165, 1.54) is 0 Å². The molecule has 0 amide bonds. The normalized spacial score (nSPS) is 12.7. The summed E-state index contributed by atoms with van der Waals surface area (Å²) < 4.78 is 2.73. The van der Waals surface area contributed by atoms with E-state index in [-0.39, 0.29) is 0 Å². The first-order chi connectivity index (χ1) is 7.65. The number of hydrogen-bond donors (Lipinski definition) is 1. The van der Waals surface area contributed by atoms with Gasteiger partial charge in [0.15, 0.2) is 0 Å². The number of rotatable bonds is 3. The molecule has 1 heterocycles. The van der Waals surface area contributed by atoms with Crippen LogP contribution in [0.25, 0.3) is 5.69 Å². The summed E-state index contributed by atoms with van der Waals surface area (Å²) in [7, 11) is 0. The molecule has 4 nitrogen and oxygen atoms in total. The van der Waals surface area contributed by atoms with Gasteiger partial charge in [-0.25, -0.2) is 4.68 Å². The van der Waals surface area contributed by atoms with Gasteiger partial charge in [-0.05, 0) is 31.2 Å². The quantitative estimate of drug-likeness (QED) is 0.936. The minimum atomic E-state index is -0.393. The van der Waals surface area contributed by atoms with Gasteiger partial charge in [0, 0.05) is 10.9 Å². The largest absolute Gasteiger partial charge is 0.393 e. The zero-order valence-corrected chi connectivity index (χ0v) is 10.4. The molecule has 0 aliphatic rings. The molecule has 2 rings (SSSR count). The van der Waals surface area contributed by atoms with E-state index in [2.05, 4.69) is 26.2 Å². The van der Waals surface area contributed by atoms with Gasteiger partial charge in [-0.3, -0.25) is 0 Å². The third-order valence-electron chi connectivity index (χ3n) is 2.14. The first-order valence-electron chi connectivity index (χ1n) is 5.00. The third kappa shape index (κ3) is 2.68. The predicted molar refractivity (Wildman–Crippen MR) is 64.4 cm³/mol. The minimum absolute atomic E-state index is 0.393. The van der Waals surface area contributed by atoms with E-state index >= 15 is 0 Å². The second kappa shape index (κ2) is 4.76. The maximum absolute atomic E-state index is 9.24. The molecule has 84 valence electrons. The summed E-state index contributed by atoms with van der Waals surface area (Å²) in [6, 6.07) is 7.80. The van der Waals surface area contributed by atoms with Crippen LogP contribution in [0.15, 0.2) is 34.9 Å². The molecule has 0 saturated heterocycles. The molecule has 0 spiro atoms. The lowest BCUT2D eigenvalue weighted by molar-refractivity contribution is 0.194. The van der Waals surface area contributed by atoms with Crippen molar-refractivity contribution < 1.29 is 5.11 Å². The number of halogens is 1. The van der Waals surface area contributed by atoms with Crippen molar-refractivity contribution in [1.82, 2.24) is 15.0 Å². The Morgan fingerprint density at radius 2 is 2.06 bits per heavy atom. The Morgan fingerprint density at radius 3 is 2.69 bits per heavy atom. The van der Waals surface area contributed by atoms with Gasteiger partial charge in [-0.1, -0.05) is 21.1 Å². The predicted octanol–water partition coefficient (Wildman–Crippen LogP) is 1.95. The lowest BCUT2D eigenvalue weighted by Crippen LogP contribution is -2.04. The molecule has 2 aromatic rings. The number of aliphatic hydroxyl groups is 1. The molecule has 1 aromatic carbocycles. The Hall–Kier alpha value is -1.20. The summed E-state index contributed by atoms with van der Waals surface area (Å²) in [5.41, 5.74) is 1.74. The number of nitrogens with zero attached hydrogens (tertiary/aromatic N) is 3. The van der Waals surface area contributed by atoms with E-state index in [4.69, 9.17) is 0 Å². The zero-order valence-electron chi connectivity index (χ0n) is 8.84. The molecule has 1 aromatic heterocycles. The van der Waals surface area contributed by atoms with Crippen LogP contribution in [0.4, 0.5) is 0 Å². The van der Waals surface area contributed by atoms with E-state index < -0.39 is 6.10 Å². The van der Waals surface area contributed by atoms with Crippen LogP contribution in [0.1, 0.15) is 12.6 Å². The number of benzene rings is 1. The van der Waals surface area contributed by atoms with Crippen LogP contribution in [0.2, 0.25) is 0 Å². The molecule has 16 heavy (non-hydrogen) atoms. The van der Waals surface area contributed by atoms with Crippen molar-refractivity contribution in [3.63, 3.8) is 0 Å². The molecule has 0 aliphatic carbocycles. The van der Waals surface area contributed by atoms with Crippen molar-refractivity contribution >= 4 is 15.9 Å². The van der Waals surface area contributed by atoms with Crippen molar-refractivity contribution in [3.05, 3.63) is 40.6 Å². The molecule has 1 N–H and O–H groups in total. The van der Waals surface area contributed by atoms with E-state index in [0.717, 1.165) is 15.9 Å². The lowest BCUT2D eigenvalue weighted by Gasteiger charge is -1.99. The Bertz CT molecular complexity index is 464. The Balaban J connectivity index is 2.21. The van der Waals surface area contributed by atoms with E-state index in [9.17, 15) is 5.11 Å². The molecule has 0 fully saturated rings. The van der Waals surface area contributed by atoms with Gasteiger partial charge in [0.05, 0.1) is 23.7 Å². The molecule has 0 aliphatic heterocycles. The summed E-state index contributed by atoms with van der Waals surface area (Å²) in [5, 5.41) is 17.2. The van der Waals surface area contributed by atoms with E-state index in [1.807, 2.05) is 30.5 Å². The van der Waals surface area contributed by atoms with Crippen molar-refractivity contribution in [1.29, 1.82) is 0 Å². The fraction of sp³-hybridized carbons (Fsp3) is 0.273. The smallest absolute Gasteiger partial charge is 0.0857 e. The summed E-state index contributed by atoms with van der Waals surface area (Å²) in [5.74, 6) is 0. The van der Waals surface area contributed by atoms with Crippen molar-refractivity contribution in [2.75, 3.05) is 0 Å². The van der Waals surface area contributed by atoms with Gasteiger partial charge < -0.3 is 5.11 Å². The fourth-order valence-corrected chi connectivity index (χ4v) is 1.68. The van der Waals surface area contributed by atoms with Gasteiger partial charge in [0.1, 0.15) is 0 Å². The zero-order chi connectivity index (χ0) is 11.5. The lowest BCUT2D eigenvalue weighted by atomic mass is 10.2. The van der Waals surface area contributed by atoms with Gasteiger partial charge in [0.2, 0.25) is 0 Å². The first kappa shape index (κ1) is 11.3. The SMILES string of the molecule is CC(O)Cc1cn(-c2ccc(Br)cc2)nn1. The average Bonchev–Trinajstić information content (AvgIpc) is 2.66. The van der Waals surface area contributed by atoms with E-state index in [0.29, 0.717) is 6.42 Å². The molecule has 1 atom stereocenters. The van der Waals surface area contributed by atoms with Crippen LogP contribution in [0.3, 0.4) is 0 Å². The summed E-state index contributed by atoms with van der Waals surface area (Å²) >= 11 is 3.38. The second-order valence-corrected chi connectivity index (χ2v) is 4.60. The number of aliphatic hydroxyl groups excluding tert-OH is 1. The summed E-state index contributed by atoms with van der Waals surface area (Å²) in [6.07, 6.45) is 1.96. The Kier molecular flexibility index (Phi) is 3.36. The highest BCUT2D eigenvalue weighted by Crippen LogP contribution is 2.13. The molecule has 1 unspecified atom stereocenters. The number of hydrogen-bond acceptors (Lipinski definition) is 3. The van der Waals surface area contributed by atoms with Crippen LogP contribution in [-0.4, -0.2) is 26.2 Å². The first-order valence-corrected chi connectivity index (χ1v) is 5.79. The van der Waals surface area contributed by atoms with Gasteiger partial charge in [0.25, 0.3) is 0 Å². The van der Waals surface area contributed by atoms with Crippen LogP contribution < -0.4 is 0 Å². The standard InChI is InChI=1S/C11H12BrN3O/c1-8(16)6-10-7-15(14-13-10)11-4-2-9(12)3-5-11/h2-5,7-8,16H,6H2,1H3. The third-order valence-corrected chi connectivity index (χ3v) is 2.67. The van der Waals surface area contributed by atoms with Crippen molar-refractivity contribution in [3.8, 4) is 5.69 Å². The van der Waals surface area contributed by atoms with Gasteiger partial charge >= 0.3 is 0 Å². The fourth-order valence-electron chi connectivity index (χ4n) is 1.41. The summed E-state index contributed by atoms with van der Waals surface area (Å²) in [4.78, 5) is 0. The molecule has 0 saturated carbocycles. The Morgan fingerprint density at radius 1 is 1.38 bits per heavy atom. The molecule has 0 radical (unpaired) electrons. The average molecular weight is 282 g/mol. The minimum Gasteiger partial charge on any atom is -0.393 e. The van der Waals surface area contributed by atoms with Crippen molar-refractivity contribution in [2.45, 2.75) is 19.4 Å². The molecular weight excluding hydrogens is 270 g/mol. The Labute approximate surface area is 102 Å². The molecule has 0 bridgehead atoms. The highest BCUT2D eigenvalue weighted by Gasteiger charge is 2.05. The van der Waals surface area contributed by atoms with Crippen LogP contribution in [-0.2, 0) is 6.42 Å². The van der Waals surface area contributed by atoms with Gasteiger partial charge in [-0.15, -0.1) is 5.10 Å². The van der Waals surface area contributed by atoms with E-state index in [1.54, 1.807) is 11.6 Å². The highest BCUT2D eigenvalue weighted by atomic mass is 79.9. The summed E-state index contributed by atoms with van der Waals surface area (Å²) in [6.45, 7) is 1.73. The van der Waals surface area contributed by atoms with Crippen LogP contribution >= 0.6 is 15.9 Å². The monoisotopic (exact) mass is 281 g/mol. The van der Waals surface area contributed by atoms with Crippen LogP contribution in [0, 0.1) is 0 Å². The maximum Gasteiger partial charge on any atom is 0.0857 e. The molecular formula is C11H12BrN3O. The van der Waals surface area contributed by atoms with Gasteiger partial charge in [-0.2, -0.15) is 0 Å². The number of aromatic nitrogens is 3. The second-order valence-electron chi connectivity index (χ2n) is 3.68. The highest BCUT2D eigenvalue weighted by molar-refractivity contribution is 9.10. The molecule has 5 heteroatoms. The maximum atomic E-state index is 9.24. The van der Waals surface area contributed by atoms with Crippen LogP contribution in [0.5, 0.6) is 0 Å².